The van der Waals surface area contributed by atoms with Crippen molar-refractivity contribution in [2.45, 2.75) is 279 Å². The molecule has 512 valence electrons. The van der Waals surface area contributed by atoms with Crippen molar-refractivity contribution < 1.29 is 89.4 Å². The summed E-state index contributed by atoms with van der Waals surface area (Å²) < 4.78 is 34.2. The Hall–Kier alpha value is -4.07. The molecule has 19 heteroatoms. The maximum atomic E-state index is 13.3. The zero-order chi connectivity index (χ0) is 65.4. The number of aliphatic hydroxyl groups is 11. The first kappa shape index (κ1) is 80.2. The molecule has 3 heterocycles. The van der Waals surface area contributed by atoms with Crippen molar-refractivity contribution in [1.29, 1.82) is 0 Å². The number of unbranched alkanes of at least 4 members (excludes halogenated alkanes) is 12. The zero-order valence-electron chi connectivity index (χ0n) is 53.8. The van der Waals surface area contributed by atoms with E-state index >= 15 is 0 Å². The Kier molecular flexibility index (Phi) is 45.7. The first-order chi connectivity index (χ1) is 43.8. The normalized spacial score (nSPS) is 28.9. The third-order valence-electron chi connectivity index (χ3n) is 15.7. The van der Waals surface area contributed by atoms with E-state index in [-0.39, 0.29) is 18.9 Å². The highest BCUT2D eigenvalue weighted by Gasteiger charge is 2.53. The molecule has 0 aromatic rings. The highest BCUT2D eigenvalue weighted by molar-refractivity contribution is 5.76. The summed E-state index contributed by atoms with van der Waals surface area (Å²) in [6.45, 7) is 1.41. The third-order valence-corrected chi connectivity index (χ3v) is 15.7. The molecular formula is C71H115NO18. The van der Waals surface area contributed by atoms with Crippen molar-refractivity contribution in [2.75, 3.05) is 26.4 Å². The second kappa shape index (κ2) is 51.4. The number of hydrogen-bond acceptors (Lipinski definition) is 18. The maximum Gasteiger partial charge on any atom is 0.220 e. The molecule has 0 saturated carbocycles. The number of rotatable bonds is 48. The van der Waals surface area contributed by atoms with Crippen LogP contribution in [-0.2, 0) is 33.2 Å². The highest BCUT2D eigenvalue weighted by atomic mass is 16.8. The molecule has 0 aromatic carbocycles. The lowest BCUT2D eigenvalue weighted by Crippen LogP contribution is -2.66. The number of carbonyl (C=O) groups excluding carboxylic acids is 1. The molecule has 3 fully saturated rings. The molecule has 17 atom stereocenters. The van der Waals surface area contributed by atoms with Crippen molar-refractivity contribution in [2.24, 2.45) is 0 Å². The lowest BCUT2D eigenvalue weighted by atomic mass is 9.96. The largest absolute Gasteiger partial charge is 0.394 e. The molecular weight excluding hydrogens is 1150 g/mol. The Morgan fingerprint density at radius 2 is 0.744 bits per heavy atom. The van der Waals surface area contributed by atoms with Crippen LogP contribution in [0.1, 0.15) is 174 Å². The average molecular weight is 1270 g/mol. The Balaban J connectivity index is 1.36. The molecule has 0 spiro atoms. The van der Waals surface area contributed by atoms with Crippen LogP contribution in [0.4, 0.5) is 0 Å². The first-order valence-corrected chi connectivity index (χ1v) is 33.4. The summed E-state index contributed by atoms with van der Waals surface area (Å²) in [6.07, 6.45) is 44.7. The molecule has 3 saturated heterocycles. The van der Waals surface area contributed by atoms with Gasteiger partial charge in [0.15, 0.2) is 18.9 Å². The summed E-state index contributed by atoms with van der Waals surface area (Å²) in [4.78, 5) is 13.3. The van der Waals surface area contributed by atoms with E-state index in [9.17, 15) is 61.0 Å². The fourth-order valence-electron chi connectivity index (χ4n) is 10.3. The number of carbonyl (C=O) groups is 1. The molecule has 90 heavy (non-hydrogen) atoms. The Labute approximate surface area is 537 Å². The van der Waals surface area contributed by atoms with E-state index < -0.39 is 124 Å². The van der Waals surface area contributed by atoms with Gasteiger partial charge in [0, 0.05) is 6.42 Å². The molecule has 0 radical (unpaired) electrons. The predicted molar refractivity (Wildman–Crippen MR) is 350 cm³/mol. The number of ether oxygens (including phenoxy) is 6. The molecule has 17 unspecified atom stereocenters. The van der Waals surface area contributed by atoms with Gasteiger partial charge in [0.1, 0.15) is 73.2 Å². The van der Waals surface area contributed by atoms with Gasteiger partial charge in [-0.05, 0) is 103 Å². The highest BCUT2D eigenvalue weighted by Crippen LogP contribution is 2.33. The monoisotopic (exact) mass is 1270 g/mol. The number of amides is 1. The molecule has 12 N–H and O–H groups in total. The minimum atomic E-state index is -1.99. The lowest BCUT2D eigenvalue weighted by Gasteiger charge is -2.48. The van der Waals surface area contributed by atoms with E-state index in [4.69, 9.17) is 28.4 Å². The summed E-state index contributed by atoms with van der Waals surface area (Å²) in [6, 6.07) is -1.01. The van der Waals surface area contributed by atoms with E-state index in [1.807, 2.05) is 6.08 Å². The van der Waals surface area contributed by atoms with E-state index in [1.54, 1.807) is 6.08 Å². The average Bonchev–Trinajstić information content (AvgIpc) is 1.08. The number of aliphatic hydroxyl groups excluding tert-OH is 11. The Morgan fingerprint density at radius 3 is 1.20 bits per heavy atom. The van der Waals surface area contributed by atoms with E-state index in [1.165, 1.54) is 32.1 Å². The van der Waals surface area contributed by atoms with Crippen LogP contribution in [0.15, 0.2) is 134 Å². The first-order valence-electron chi connectivity index (χ1n) is 33.4. The van der Waals surface area contributed by atoms with Gasteiger partial charge in [0.2, 0.25) is 5.91 Å². The van der Waals surface area contributed by atoms with Gasteiger partial charge in [-0.2, -0.15) is 0 Å². The van der Waals surface area contributed by atoms with Crippen LogP contribution in [0.3, 0.4) is 0 Å². The van der Waals surface area contributed by atoms with Gasteiger partial charge < -0.3 is 89.9 Å². The van der Waals surface area contributed by atoms with E-state index in [0.717, 1.165) is 109 Å². The zero-order valence-corrected chi connectivity index (χ0v) is 53.8. The Morgan fingerprint density at radius 1 is 0.400 bits per heavy atom. The van der Waals surface area contributed by atoms with Crippen LogP contribution in [-0.4, -0.2) is 193 Å². The van der Waals surface area contributed by atoms with Gasteiger partial charge in [-0.1, -0.05) is 199 Å². The summed E-state index contributed by atoms with van der Waals surface area (Å²) in [7, 11) is 0. The summed E-state index contributed by atoms with van der Waals surface area (Å²) >= 11 is 0. The molecule has 0 bridgehead atoms. The van der Waals surface area contributed by atoms with Gasteiger partial charge in [-0.25, -0.2) is 0 Å². The minimum absolute atomic E-state index is 0.217. The molecule has 1 amide bonds. The quantitative estimate of drug-likeness (QED) is 0.0202. The number of hydrogen-bond donors (Lipinski definition) is 12. The molecule has 3 aliphatic rings. The number of allylic oxidation sites excluding steroid dienone is 21. The van der Waals surface area contributed by atoms with Crippen molar-refractivity contribution >= 4 is 5.91 Å². The van der Waals surface area contributed by atoms with Gasteiger partial charge >= 0.3 is 0 Å². The second-order valence-electron chi connectivity index (χ2n) is 23.1. The third kappa shape index (κ3) is 33.2. The van der Waals surface area contributed by atoms with E-state index in [0.29, 0.717) is 12.8 Å². The van der Waals surface area contributed by atoms with Gasteiger partial charge in [-0.15, -0.1) is 0 Å². The van der Waals surface area contributed by atoms with Crippen molar-refractivity contribution in [1.82, 2.24) is 5.32 Å². The van der Waals surface area contributed by atoms with Crippen molar-refractivity contribution in [3.63, 3.8) is 0 Å². The number of nitrogens with one attached hydrogen (secondary N) is 1. The van der Waals surface area contributed by atoms with Crippen LogP contribution in [0.2, 0.25) is 0 Å². The van der Waals surface area contributed by atoms with Crippen LogP contribution < -0.4 is 5.32 Å². The predicted octanol–water partition coefficient (Wildman–Crippen LogP) is 8.21. The summed E-state index contributed by atoms with van der Waals surface area (Å²) in [5, 5.41) is 120. The fourth-order valence-corrected chi connectivity index (χ4v) is 10.3. The standard InChI is InChI=1S/C71H115NO18/c1-3-5-7-9-11-13-15-16-17-18-19-20-21-22-23-24-25-26-27-28-29-30-31-32-33-34-35-36-37-38-39-41-43-45-47-49-59(77)72-54(55(76)48-46-44-42-40-14-12-10-8-6-4-2)53-85-69-65(83)62(80)67(57(51-74)87-69)90-71-66(84)63(81)68(58(52-75)88-71)89-70-64(82)61(79)60(78)56(50-73)86-70/h5-8,11,13-14,16-17,19-20,22-23,25-26,28-29,31-32,40,46,48,54-58,60-71,73-76,78-84H,3-4,9-10,12,15,18,21,24,27,30,33-39,41-45,47,49-53H2,1-2H3,(H,72,77)/b7-5-,8-6+,13-11-,17-16-,20-19-,23-22-,26-25-,29-28-,32-31-,40-14+,48-46+. The van der Waals surface area contributed by atoms with Crippen molar-refractivity contribution in [3.8, 4) is 0 Å². The van der Waals surface area contributed by atoms with E-state index in [2.05, 4.69) is 141 Å². The van der Waals surface area contributed by atoms with Gasteiger partial charge in [0.05, 0.1) is 38.6 Å². The fraction of sp³-hybridized carbons (Fsp3) is 0.676. The molecule has 19 nitrogen and oxygen atoms in total. The maximum absolute atomic E-state index is 13.3. The van der Waals surface area contributed by atoms with Gasteiger partial charge in [0.25, 0.3) is 0 Å². The SMILES string of the molecule is CC/C=C\C/C=C\C/C=C\C/C=C\C/C=C\C/C=C\C/C=C\C/C=C\CCCCCCCCCCCCC(=O)NC(COC1OC(CO)C(OC2OC(CO)C(OC3OC(CO)C(O)C(O)C3O)C(O)C2O)C(O)C1O)C(O)/C=C/CC/C=C/CC/C=C/CC. The Bertz CT molecular complexity index is 2150. The molecule has 0 aliphatic carbocycles. The van der Waals surface area contributed by atoms with Crippen LogP contribution >= 0.6 is 0 Å². The van der Waals surface area contributed by atoms with Crippen LogP contribution in [0.25, 0.3) is 0 Å². The molecule has 0 aromatic heterocycles. The molecule has 3 rings (SSSR count). The summed E-state index contributed by atoms with van der Waals surface area (Å²) in [5.41, 5.74) is 0. The smallest absolute Gasteiger partial charge is 0.220 e. The molecule has 3 aliphatic heterocycles. The topological polar surface area (TPSA) is 307 Å². The van der Waals surface area contributed by atoms with Crippen molar-refractivity contribution in [3.05, 3.63) is 134 Å². The summed E-state index contributed by atoms with van der Waals surface area (Å²) in [5.74, 6) is -0.304. The van der Waals surface area contributed by atoms with Crippen LogP contribution in [0, 0.1) is 0 Å². The second-order valence-corrected chi connectivity index (χ2v) is 23.1. The minimum Gasteiger partial charge on any atom is -0.394 e. The van der Waals surface area contributed by atoms with Gasteiger partial charge in [-0.3, -0.25) is 4.79 Å². The van der Waals surface area contributed by atoms with Crippen LogP contribution in [0.5, 0.6) is 0 Å². The lowest BCUT2D eigenvalue weighted by molar-refractivity contribution is -0.379.